The van der Waals surface area contributed by atoms with Gasteiger partial charge >= 0.3 is 0 Å². The molecule has 2 heterocycles. The van der Waals surface area contributed by atoms with E-state index < -0.39 is 10.0 Å². The lowest BCUT2D eigenvalue weighted by Gasteiger charge is -2.24. The number of nitrogens with zero attached hydrogens (tertiary/aromatic N) is 4. The minimum absolute atomic E-state index is 0.149. The zero-order valence-corrected chi connectivity index (χ0v) is 17.0. The summed E-state index contributed by atoms with van der Waals surface area (Å²) < 4.78 is 26.3. The summed E-state index contributed by atoms with van der Waals surface area (Å²) in [5.74, 6) is -0.159. The van der Waals surface area contributed by atoms with E-state index in [1.165, 1.54) is 7.05 Å². The predicted octanol–water partition coefficient (Wildman–Crippen LogP) is 1.50. The van der Waals surface area contributed by atoms with E-state index >= 15 is 0 Å². The highest BCUT2D eigenvalue weighted by atomic mass is 32.2. The molecule has 27 heavy (non-hydrogen) atoms. The van der Waals surface area contributed by atoms with E-state index in [0.29, 0.717) is 13.1 Å². The van der Waals surface area contributed by atoms with E-state index in [9.17, 15) is 13.2 Å². The third-order valence-corrected chi connectivity index (χ3v) is 7.17. The van der Waals surface area contributed by atoms with E-state index in [-0.39, 0.29) is 17.3 Å². The molecule has 3 rings (SSSR count). The molecule has 1 aromatic carbocycles. The van der Waals surface area contributed by atoms with Crippen LogP contribution in [-0.2, 0) is 21.4 Å². The van der Waals surface area contributed by atoms with Gasteiger partial charge in [-0.15, -0.1) is 11.3 Å². The molecule has 0 radical (unpaired) electrons. The third kappa shape index (κ3) is 5.13. The summed E-state index contributed by atoms with van der Waals surface area (Å²) in [5, 5.41) is 3.04. The lowest BCUT2D eigenvalue weighted by Crippen LogP contribution is -2.42. The first-order chi connectivity index (χ1) is 13.0. The van der Waals surface area contributed by atoms with Gasteiger partial charge < -0.3 is 4.90 Å². The SMILES string of the molecule is CN(CC(=O)N1CCCN(Cc2nccs2)CC1)S(=O)(=O)c1ccccc1. The van der Waals surface area contributed by atoms with Crippen molar-refractivity contribution in [2.45, 2.75) is 17.9 Å². The second-order valence-corrected chi connectivity index (χ2v) is 9.53. The Kier molecular flexibility index (Phi) is 6.59. The molecule has 1 aliphatic heterocycles. The summed E-state index contributed by atoms with van der Waals surface area (Å²) in [5.41, 5.74) is 0. The van der Waals surface area contributed by atoms with Crippen LogP contribution >= 0.6 is 11.3 Å². The average molecular weight is 409 g/mol. The van der Waals surface area contributed by atoms with Crippen LogP contribution in [0, 0.1) is 0 Å². The van der Waals surface area contributed by atoms with Crippen LogP contribution in [0.3, 0.4) is 0 Å². The Hall–Kier alpha value is -1.81. The Morgan fingerprint density at radius 1 is 1.19 bits per heavy atom. The summed E-state index contributed by atoms with van der Waals surface area (Å²) in [6, 6.07) is 8.19. The standard InChI is InChI=1S/C18H24N4O3S2/c1-20(27(24,25)16-6-3-2-4-7-16)15-18(23)22-10-5-9-21(11-12-22)14-17-19-8-13-26-17/h2-4,6-8,13H,5,9-12,14-15H2,1H3. The lowest BCUT2D eigenvalue weighted by atomic mass is 10.3. The van der Waals surface area contributed by atoms with Crippen molar-refractivity contribution in [1.82, 2.24) is 19.1 Å². The van der Waals surface area contributed by atoms with Crippen LogP contribution in [0.1, 0.15) is 11.4 Å². The maximum absolute atomic E-state index is 12.7. The largest absolute Gasteiger partial charge is 0.340 e. The second kappa shape index (κ2) is 8.92. The van der Waals surface area contributed by atoms with Gasteiger partial charge in [0.1, 0.15) is 5.01 Å². The van der Waals surface area contributed by atoms with Gasteiger partial charge in [0.25, 0.3) is 0 Å². The molecule has 0 saturated carbocycles. The number of benzene rings is 1. The van der Waals surface area contributed by atoms with Crippen molar-refractivity contribution in [1.29, 1.82) is 0 Å². The van der Waals surface area contributed by atoms with Gasteiger partial charge in [-0.2, -0.15) is 4.31 Å². The topological polar surface area (TPSA) is 73.8 Å². The van der Waals surface area contributed by atoms with Crippen LogP contribution in [0.25, 0.3) is 0 Å². The Morgan fingerprint density at radius 3 is 2.67 bits per heavy atom. The number of carbonyl (C=O) groups excluding carboxylic acids is 1. The number of sulfonamides is 1. The number of rotatable bonds is 6. The second-order valence-electron chi connectivity index (χ2n) is 6.51. The molecular weight excluding hydrogens is 384 g/mol. The van der Waals surface area contributed by atoms with E-state index in [1.54, 1.807) is 52.8 Å². The van der Waals surface area contributed by atoms with Crippen molar-refractivity contribution in [2.24, 2.45) is 0 Å². The molecule has 1 saturated heterocycles. The van der Waals surface area contributed by atoms with Gasteiger partial charge in [0.05, 0.1) is 18.0 Å². The summed E-state index contributed by atoms with van der Waals surface area (Å²) in [4.78, 5) is 21.2. The molecule has 0 unspecified atom stereocenters. The van der Waals surface area contributed by atoms with Crippen LogP contribution in [0.5, 0.6) is 0 Å². The molecule has 2 aromatic rings. The number of amides is 1. The van der Waals surface area contributed by atoms with Gasteiger partial charge in [-0.25, -0.2) is 13.4 Å². The van der Waals surface area contributed by atoms with Crippen LogP contribution < -0.4 is 0 Å². The Labute approximate surface area is 164 Å². The minimum Gasteiger partial charge on any atom is -0.340 e. The number of hydrogen-bond acceptors (Lipinski definition) is 6. The normalized spacial score (nSPS) is 16.4. The van der Waals surface area contributed by atoms with Gasteiger partial charge in [0.15, 0.2) is 0 Å². The van der Waals surface area contributed by atoms with Gasteiger partial charge in [0.2, 0.25) is 15.9 Å². The van der Waals surface area contributed by atoms with Crippen molar-refractivity contribution in [3.05, 3.63) is 46.9 Å². The fourth-order valence-corrected chi connectivity index (χ4v) is 4.85. The molecule has 1 amide bonds. The van der Waals surface area contributed by atoms with Gasteiger partial charge in [-0.05, 0) is 18.6 Å². The quantitative estimate of drug-likeness (QED) is 0.724. The molecule has 0 aliphatic carbocycles. The van der Waals surface area contributed by atoms with Crippen LogP contribution in [0.2, 0.25) is 0 Å². The third-order valence-electron chi connectivity index (χ3n) is 4.59. The number of carbonyl (C=O) groups is 1. The van der Waals surface area contributed by atoms with Crippen LogP contribution in [-0.4, -0.2) is 73.2 Å². The highest BCUT2D eigenvalue weighted by molar-refractivity contribution is 7.89. The molecule has 9 heteroatoms. The molecule has 1 aromatic heterocycles. The molecular formula is C18H24N4O3S2. The molecule has 0 atom stereocenters. The zero-order valence-electron chi connectivity index (χ0n) is 15.3. The highest BCUT2D eigenvalue weighted by Gasteiger charge is 2.26. The fraction of sp³-hybridized carbons (Fsp3) is 0.444. The summed E-state index contributed by atoms with van der Waals surface area (Å²) in [6.07, 6.45) is 2.67. The van der Waals surface area contributed by atoms with E-state index in [0.717, 1.165) is 35.4 Å². The van der Waals surface area contributed by atoms with Crippen LogP contribution in [0.15, 0.2) is 46.8 Å². The maximum atomic E-state index is 12.7. The zero-order chi connectivity index (χ0) is 19.3. The minimum atomic E-state index is -3.66. The molecule has 146 valence electrons. The van der Waals surface area contributed by atoms with Crippen molar-refractivity contribution in [2.75, 3.05) is 39.8 Å². The number of thiazole rings is 1. The first-order valence-corrected chi connectivity index (χ1v) is 11.2. The number of aromatic nitrogens is 1. The highest BCUT2D eigenvalue weighted by Crippen LogP contribution is 2.15. The molecule has 0 N–H and O–H groups in total. The first-order valence-electron chi connectivity index (χ1n) is 8.87. The van der Waals surface area contributed by atoms with Crippen molar-refractivity contribution in [3.8, 4) is 0 Å². The molecule has 1 fully saturated rings. The van der Waals surface area contributed by atoms with Gasteiger partial charge in [0, 0.05) is 44.8 Å². The molecule has 0 spiro atoms. The van der Waals surface area contributed by atoms with Crippen molar-refractivity contribution in [3.63, 3.8) is 0 Å². The van der Waals surface area contributed by atoms with Crippen molar-refractivity contribution < 1.29 is 13.2 Å². The number of hydrogen-bond donors (Lipinski definition) is 0. The average Bonchev–Trinajstić information content (AvgIpc) is 3.06. The molecule has 0 bridgehead atoms. The van der Waals surface area contributed by atoms with E-state index in [1.807, 2.05) is 5.38 Å². The number of likely N-dealkylation sites (N-methyl/N-ethyl adjacent to an activating group) is 1. The summed E-state index contributed by atoms with van der Waals surface area (Å²) in [7, 11) is -2.21. The first kappa shape index (κ1) is 19.9. The maximum Gasteiger partial charge on any atom is 0.243 e. The predicted molar refractivity (Wildman–Crippen MR) is 105 cm³/mol. The lowest BCUT2D eigenvalue weighted by molar-refractivity contribution is -0.131. The van der Waals surface area contributed by atoms with E-state index in [4.69, 9.17) is 0 Å². The van der Waals surface area contributed by atoms with Gasteiger partial charge in [-0.3, -0.25) is 9.69 Å². The summed E-state index contributed by atoms with van der Waals surface area (Å²) >= 11 is 1.63. The monoisotopic (exact) mass is 408 g/mol. The summed E-state index contributed by atoms with van der Waals surface area (Å²) in [6.45, 7) is 3.56. The molecule has 7 nitrogen and oxygen atoms in total. The molecule has 1 aliphatic rings. The van der Waals surface area contributed by atoms with Crippen molar-refractivity contribution >= 4 is 27.3 Å². The van der Waals surface area contributed by atoms with Gasteiger partial charge in [-0.1, -0.05) is 18.2 Å². The Morgan fingerprint density at radius 2 is 1.96 bits per heavy atom. The Balaban J connectivity index is 1.56. The van der Waals surface area contributed by atoms with E-state index in [2.05, 4.69) is 9.88 Å². The Bertz CT molecular complexity index is 841. The smallest absolute Gasteiger partial charge is 0.243 e. The van der Waals surface area contributed by atoms with Crippen LogP contribution in [0.4, 0.5) is 0 Å². The fourth-order valence-electron chi connectivity index (χ4n) is 3.05.